The van der Waals surface area contributed by atoms with Gasteiger partial charge in [-0.3, -0.25) is 15.0 Å². The quantitative estimate of drug-likeness (QED) is 0.347. The zero-order valence-corrected chi connectivity index (χ0v) is 22.7. The minimum atomic E-state index is -1.24. The van der Waals surface area contributed by atoms with E-state index < -0.39 is 5.60 Å². The fraction of sp³-hybridized carbons (Fsp3) is 0.370. The summed E-state index contributed by atoms with van der Waals surface area (Å²) in [7, 11) is 0. The van der Waals surface area contributed by atoms with Gasteiger partial charge in [0.25, 0.3) is 0 Å². The molecule has 1 amide bonds. The van der Waals surface area contributed by atoms with Crippen molar-refractivity contribution in [1.82, 2.24) is 9.88 Å². The van der Waals surface area contributed by atoms with E-state index in [-0.39, 0.29) is 11.8 Å². The van der Waals surface area contributed by atoms with Crippen molar-refractivity contribution in [2.75, 3.05) is 13.1 Å². The van der Waals surface area contributed by atoms with Gasteiger partial charge < -0.3 is 10.0 Å². The van der Waals surface area contributed by atoms with Crippen LogP contribution in [-0.2, 0) is 29.7 Å². The van der Waals surface area contributed by atoms with Crippen LogP contribution in [0.2, 0.25) is 0 Å². The Labute approximate surface area is 221 Å². The van der Waals surface area contributed by atoms with Crippen LogP contribution in [0.4, 0.5) is 0 Å². The first-order chi connectivity index (χ1) is 16.8. The molecule has 1 fully saturated rings. The van der Waals surface area contributed by atoms with Gasteiger partial charge >= 0.3 is 0 Å². The fourth-order valence-corrected chi connectivity index (χ4v) is 6.94. The van der Waals surface area contributed by atoms with Gasteiger partial charge in [0.05, 0.1) is 12.1 Å². The molecule has 0 spiro atoms. The Morgan fingerprint density at radius 1 is 1.14 bits per heavy atom. The maximum absolute atomic E-state index is 13.0. The van der Waals surface area contributed by atoms with Crippen LogP contribution < -0.4 is 4.73 Å². The second-order valence-corrected chi connectivity index (χ2v) is 11.4. The normalized spacial score (nSPS) is 20.2. The molecule has 182 valence electrons. The number of nitrogens with zero attached hydrogens (tertiary/aromatic N) is 3. The number of pyridine rings is 2. The Morgan fingerprint density at radius 3 is 2.54 bits per heavy atom. The van der Waals surface area contributed by atoms with E-state index in [2.05, 4.69) is 57.0 Å². The number of likely N-dealkylation sites (tertiary alicyclic amines) is 1. The molecule has 1 unspecified atom stereocenters. The molecule has 8 heteroatoms. The zero-order chi connectivity index (χ0) is 24.7. The third kappa shape index (κ3) is 4.63. The van der Waals surface area contributed by atoms with Crippen LogP contribution in [0, 0.1) is 12.8 Å². The van der Waals surface area contributed by atoms with E-state index in [1.807, 2.05) is 4.90 Å². The van der Waals surface area contributed by atoms with Gasteiger partial charge in [-0.25, -0.2) is 0 Å². The Kier molecular flexibility index (Phi) is 6.72. The molecule has 0 saturated carbocycles. The molecular weight excluding hydrogens is 574 g/mol. The van der Waals surface area contributed by atoms with Crippen molar-refractivity contribution < 1.29 is 19.8 Å². The highest BCUT2D eigenvalue weighted by molar-refractivity contribution is 9.10. The van der Waals surface area contributed by atoms with E-state index in [1.54, 1.807) is 18.3 Å². The van der Waals surface area contributed by atoms with Crippen LogP contribution in [-0.4, -0.2) is 39.2 Å². The van der Waals surface area contributed by atoms with Crippen molar-refractivity contribution >= 4 is 37.8 Å². The van der Waals surface area contributed by atoms with E-state index in [1.165, 1.54) is 12.4 Å². The number of halogens is 2. The van der Waals surface area contributed by atoms with Crippen LogP contribution in [0.15, 0.2) is 57.9 Å². The van der Waals surface area contributed by atoms with Crippen LogP contribution >= 0.6 is 31.9 Å². The van der Waals surface area contributed by atoms with Crippen molar-refractivity contribution in [2.45, 2.75) is 44.6 Å². The lowest BCUT2D eigenvalue weighted by Gasteiger charge is -2.42. The summed E-state index contributed by atoms with van der Waals surface area (Å²) in [6, 6.07) is 9.82. The molecule has 2 N–H and O–H groups in total. The highest BCUT2D eigenvalue weighted by Gasteiger charge is 2.47. The SMILES string of the molecule is Cc1cc(Br)c2c(c1)CCc1cc(Br)cnc1C2(O)C1CCN(C(=O)Cc2cc[n+](O)cc2)CC1. The first-order valence-corrected chi connectivity index (χ1v) is 13.5. The molecule has 6 nitrogen and oxygen atoms in total. The summed E-state index contributed by atoms with van der Waals surface area (Å²) in [5.41, 5.74) is 4.65. The van der Waals surface area contributed by atoms with E-state index in [4.69, 9.17) is 4.98 Å². The number of carbonyl (C=O) groups excluding carboxylic acids is 1. The lowest BCUT2D eigenvalue weighted by Crippen LogP contribution is -2.47. The predicted octanol–water partition coefficient (Wildman–Crippen LogP) is 4.26. The molecule has 1 atom stereocenters. The number of piperidine rings is 1. The Bertz CT molecular complexity index is 1270. The number of aromatic nitrogens is 2. The van der Waals surface area contributed by atoms with Gasteiger partial charge in [-0.05, 0) is 82.9 Å². The summed E-state index contributed by atoms with van der Waals surface area (Å²) in [6.45, 7) is 3.25. The Balaban J connectivity index is 1.44. The average Bonchev–Trinajstić information content (AvgIpc) is 2.95. The number of carbonyl (C=O) groups is 1. The van der Waals surface area contributed by atoms with Gasteiger partial charge in [0.15, 0.2) is 0 Å². The molecule has 1 aliphatic carbocycles. The highest BCUT2D eigenvalue weighted by Crippen LogP contribution is 2.48. The molecular formula is C27H28Br2N3O3+. The molecule has 0 bridgehead atoms. The number of aryl methyl sites for hydroxylation is 3. The number of benzene rings is 1. The molecule has 1 aromatic carbocycles. The number of aliphatic hydroxyl groups is 1. The van der Waals surface area contributed by atoms with Crippen LogP contribution in [0.1, 0.15) is 46.4 Å². The molecule has 0 radical (unpaired) electrons. The minimum absolute atomic E-state index is 0.0617. The highest BCUT2D eigenvalue weighted by atomic mass is 79.9. The van der Waals surface area contributed by atoms with Crippen molar-refractivity contribution in [1.29, 1.82) is 0 Å². The summed E-state index contributed by atoms with van der Waals surface area (Å²) in [4.78, 5) is 19.6. The first kappa shape index (κ1) is 24.4. The van der Waals surface area contributed by atoms with Crippen molar-refractivity contribution in [3.63, 3.8) is 0 Å². The smallest absolute Gasteiger partial charge is 0.226 e. The summed E-state index contributed by atoms with van der Waals surface area (Å²) >= 11 is 7.33. The number of rotatable bonds is 3. The second kappa shape index (κ2) is 9.64. The summed E-state index contributed by atoms with van der Waals surface area (Å²) in [5.74, 6) is -0.00781. The molecule has 1 aliphatic heterocycles. The van der Waals surface area contributed by atoms with Gasteiger partial charge in [-0.15, -0.1) is 0 Å². The summed E-state index contributed by atoms with van der Waals surface area (Å²) < 4.78 is 2.79. The summed E-state index contributed by atoms with van der Waals surface area (Å²) in [5, 5.41) is 22.0. The van der Waals surface area contributed by atoms with E-state index in [0.717, 1.165) is 60.0 Å². The fourth-order valence-electron chi connectivity index (χ4n) is 5.64. The topological polar surface area (TPSA) is 77.5 Å². The molecule has 35 heavy (non-hydrogen) atoms. The molecule has 3 aromatic rings. The lowest BCUT2D eigenvalue weighted by molar-refractivity contribution is -0.904. The number of amides is 1. The van der Waals surface area contributed by atoms with E-state index in [0.29, 0.717) is 32.4 Å². The third-order valence-corrected chi connectivity index (χ3v) is 8.39. The predicted molar refractivity (Wildman–Crippen MR) is 138 cm³/mol. The standard InChI is InChI=1S/C27H28Br2N3O3/c1-17-12-19-2-3-20-15-22(28)16-30-26(20)27(34,25(19)23(29)13-17)21-6-8-31(9-7-21)24(33)14-18-4-10-32(35)11-5-18/h4-5,10-13,15-16,21,34-35H,2-3,6-9,14H2,1H3/q+1. The van der Waals surface area contributed by atoms with Crippen molar-refractivity contribution in [3.8, 4) is 0 Å². The van der Waals surface area contributed by atoms with Crippen molar-refractivity contribution in [2.24, 2.45) is 5.92 Å². The lowest BCUT2D eigenvalue weighted by atomic mass is 9.72. The third-order valence-electron chi connectivity index (χ3n) is 7.33. The molecule has 3 heterocycles. The van der Waals surface area contributed by atoms with Gasteiger partial charge in [-0.2, -0.15) is 0 Å². The molecule has 5 rings (SSSR count). The summed E-state index contributed by atoms with van der Waals surface area (Å²) in [6.07, 6.45) is 8.13. The van der Waals surface area contributed by atoms with Crippen LogP contribution in [0.25, 0.3) is 0 Å². The average molecular weight is 602 g/mol. The largest absolute Gasteiger partial charge is 0.378 e. The zero-order valence-electron chi connectivity index (χ0n) is 19.5. The monoisotopic (exact) mass is 600 g/mol. The van der Waals surface area contributed by atoms with Gasteiger partial charge in [0.1, 0.15) is 5.60 Å². The second-order valence-electron chi connectivity index (χ2n) is 9.63. The maximum Gasteiger partial charge on any atom is 0.226 e. The van der Waals surface area contributed by atoms with Crippen LogP contribution in [0.3, 0.4) is 0 Å². The molecule has 2 aliphatic rings. The Hall–Kier alpha value is -2.29. The molecule has 1 saturated heterocycles. The van der Waals surface area contributed by atoms with E-state index in [9.17, 15) is 15.1 Å². The van der Waals surface area contributed by atoms with Gasteiger partial charge in [0.2, 0.25) is 18.3 Å². The van der Waals surface area contributed by atoms with Crippen LogP contribution in [0.5, 0.6) is 0 Å². The van der Waals surface area contributed by atoms with Crippen molar-refractivity contribution in [3.05, 3.63) is 91.4 Å². The Morgan fingerprint density at radius 2 is 1.83 bits per heavy atom. The number of hydrogen-bond acceptors (Lipinski definition) is 4. The van der Waals surface area contributed by atoms with Gasteiger partial charge in [-0.1, -0.05) is 22.0 Å². The van der Waals surface area contributed by atoms with E-state index >= 15 is 0 Å². The number of fused-ring (bicyclic) bond motifs is 2. The minimum Gasteiger partial charge on any atom is -0.378 e. The first-order valence-electron chi connectivity index (χ1n) is 11.9. The van der Waals surface area contributed by atoms with Gasteiger partial charge in [0, 0.05) is 56.6 Å². The number of hydrogen-bond donors (Lipinski definition) is 2. The molecule has 2 aromatic heterocycles. The maximum atomic E-state index is 13.0.